The van der Waals surface area contributed by atoms with E-state index in [1.807, 2.05) is 48.3 Å². The van der Waals surface area contributed by atoms with Crippen molar-refractivity contribution in [1.82, 2.24) is 15.2 Å². The van der Waals surface area contributed by atoms with E-state index in [1.54, 1.807) is 17.2 Å². The Morgan fingerprint density at radius 3 is 2.40 bits per heavy atom. The second kappa shape index (κ2) is 11.1. The van der Waals surface area contributed by atoms with Crippen LogP contribution in [0.3, 0.4) is 0 Å². The van der Waals surface area contributed by atoms with Gasteiger partial charge in [-0.05, 0) is 36.1 Å². The number of carbonyl (C=O) groups is 2. The van der Waals surface area contributed by atoms with Crippen molar-refractivity contribution in [1.29, 1.82) is 0 Å². The predicted molar refractivity (Wildman–Crippen MR) is 139 cm³/mol. The van der Waals surface area contributed by atoms with Crippen LogP contribution in [0.25, 0.3) is 0 Å². The number of anilines is 2. The lowest BCUT2D eigenvalue weighted by molar-refractivity contribution is -0.129. The molecule has 0 spiro atoms. The summed E-state index contributed by atoms with van der Waals surface area (Å²) in [6.45, 7) is 6.66. The molecule has 1 fully saturated rings. The largest absolute Gasteiger partial charge is 0.359 e. The van der Waals surface area contributed by atoms with Crippen LogP contribution in [0.2, 0.25) is 0 Å². The van der Waals surface area contributed by atoms with Gasteiger partial charge in [0.15, 0.2) is 0 Å². The number of aromatic nitrogens is 1. The Bertz CT molecular complexity index is 1130. The summed E-state index contributed by atoms with van der Waals surface area (Å²) in [5, 5.41) is 6.40. The normalized spacial score (nSPS) is 15.6. The standard InChI is InChI=1S/C28H33N5O2/c1-20-9-11-22(12-10-20)21(2)17-30-27(23-7-5-4-6-8-23)28(35)31-25-14-13-24(18-29-25)33-16-15-32(3)26(34)19-33/h4-14,18,21,27,30H,15-17,19H2,1-3H3,(H,29,31,35)/t21-,27+/m1/s1. The fourth-order valence-electron chi connectivity index (χ4n) is 4.14. The van der Waals surface area contributed by atoms with Gasteiger partial charge in [-0.1, -0.05) is 67.1 Å². The third-order valence-electron chi connectivity index (χ3n) is 6.49. The molecule has 2 heterocycles. The molecular weight excluding hydrogens is 438 g/mol. The lowest BCUT2D eigenvalue weighted by Gasteiger charge is -2.33. The van der Waals surface area contributed by atoms with Gasteiger partial charge in [0.05, 0.1) is 18.4 Å². The lowest BCUT2D eigenvalue weighted by atomic mass is 9.98. The number of pyridine rings is 1. The van der Waals surface area contributed by atoms with E-state index in [4.69, 9.17) is 0 Å². The fraction of sp³-hybridized carbons (Fsp3) is 0.321. The van der Waals surface area contributed by atoms with Crippen LogP contribution in [-0.2, 0) is 9.59 Å². The van der Waals surface area contributed by atoms with Gasteiger partial charge in [0.2, 0.25) is 11.8 Å². The van der Waals surface area contributed by atoms with Crippen molar-refractivity contribution < 1.29 is 9.59 Å². The third-order valence-corrected chi connectivity index (χ3v) is 6.49. The van der Waals surface area contributed by atoms with E-state index in [0.717, 1.165) is 17.8 Å². The first kappa shape index (κ1) is 24.4. The van der Waals surface area contributed by atoms with Crippen molar-refractivity contribution in [2.24, 2.45) is 0 Å². The Hall–Kier alpha value is -3.71. The summed E-state index contributed by atoms with van der Waals surface area (Å²) >= 11 is 0. The zero-order valence-corrected chi connectivity index (χ0v) is 20.6. The molecule has 2 N–H and O–H groups in total. The van der Waals surface area contributed by atoms with Crippen molar-refractivity contribution in [3.05, 3.63) is 89.6 Å². The number of nitrogens with one attached hydrogen (secondary N) is 2. The number of piperazine rings is 1. The summed E-state index contributed by atoms with van der Waals surface area (Å²) in [4.78, 5) is 33.5. The Kier molecular flexibility index (Phi) is 7.77. The number of hydrogen-bond acceptors (Lipinski definition) is 5. The second-order valence-corrected chi connectivity index (χ2v) is 9.19. The first-order valence-corrected chi connectivity index (χ1v) is 12.0. The maximum Gasteiger partial charge on any atom is 0.247 e. The average Bonchev–Trinajstić information content (AvgIpc) is 2.87. The molecule has 7 nitrogen and oxygen atoms in total. The molecule has 35 heavy (non-hydrogen) atoms. The number of rotatable bonds is 8. The highest BCUT2D eigenvalue weighted by Crippen LogP contribution is 2.21. The van der Waals surface area contributed by atoms with Gasteiger partial charge in [0, 0.05) is 26.7 Å². The lowest BCUT2D eigenvalue weighted by Crippen LogP contribution is -2.48. The van der Waals surface area contributed by atoms with Crippen molar-refractivity contribution in [3.63, 3.8) is 0 Å². The molecule has 4 rings (SSSR count). The number of amides is 2. The summed E-state index contributed by atoms with van der Waals surface area (Å²) in [6, 6.07) is 21.4. The molecule has 0 saturated carbocycles. The molecule has 0 aliphatic carbocycles. The number of nitrogens with zero attached hydrogens (tertiary/aromatic N) is 3. The minimum atomic E-state index is -0.513. The van der Waals surface area contributed by atoms with Crippen LogP contribution in [0.1, 0.15) is 35.6 Å². The third kappa shape index (κ3) is 6.25. The molecule has 0 bridgehead atoms. The minimum absolute atomic E-state index is 0.0882. The molecule has 2 amide bonds. The number of hydrogen-bond donors (Lipinski definition) is 2. The summed E-state index contributed by atoms with van der Waals surface area (Å²) in [5.74, 6) is 0.652. The average molecular weight is 472 g/mol. The van der Waals surface area contributed by atoms with Gasteiger partial charge in [0.25, 0.3) is 0 Å². The summed E-state index contributed by atoms with van der Waals surface area (Å²) in [7, 11) is 1.81. The number of aryl methyl sites for hydroxylation is 1. The van der Waals surface area contributed by atoms with E-state index in [9.17, 15) is 9.59 Å². The second-order valence-electron chi connectivity index (χ2n) is 9.19. The Morgan fingerprint density at radius 1 is 1.00 bits per heavy atom. The maximum absolute atomic E-state index is 13.3. The molecule has 1 aromatic heterocycles. The van der Waals surface area contributed by atoms with Crippen LogP contribution in [-0.4, -0.2) is 54.9 Å². The number of likely N-dealkylation sites (N-methyl/N-ethyl adjacent to an activating group) is 1. The van der Waals surface area contributed by atoms with E-state index in [-0.39, 0.29) is 17.7 Å². The Labute approximate surface area is 207 Å². The summed E-state index contributed by atoms with van der Waals surface area (Å²) in [6.07, 6.45) is 1.71. The molecule has 3 aromatic rings. The van der Waals surface area contributed by atoms with E-state index in [0.29, 0.717) is 25.5 Å². The first-order chi connectivity index (χ1) is 16.9. The molecule has 7 heteroatoms. The highest BCUT2D eigenvalue weighted by molar-refractivity contribution is 5.95. The smallest absolute Gasteiger partial charge is 0.247 e. The van der Waals surface area contributed by atoms with E-state index in [2.05, 4.69) is 53.7 Å². The van der Waals surface area contributed by atoms with Crippen molar-refractivity contribution in [2.45, 2.75) is 25.8 Å². The van der Waals surface area contributed by atoms with Crippen LogP contribution in [0.5, 0.6) is 0 Å². The number of carbonyl (C=O) groups excluding carboxylic acids is 2. The van der Waals surface area contributed by atoms with Crippen LogP contribution in [0, 0.1) is 6.92 Å². The van der Waals surface area contributed by atoms with E-state index < -0.39 is 6.04 Å². The fourth-order valence-corrected chi connectivity index (χ4v) is 4.14. The monoisotopic (exact) mass is 471 g/mol. The van der Waals surface area contributed by atoms with Gasteiger partial charge in [0.1, 0.15) is 11.9 Å². The predicted octanol–water partition coefficient (Wildman–Crippen LogP) is 3.74. The van der Waals surface area contributed by atoms with Crippen LogP contribution < -0.4 is 15.5 Å². The van der Waals surface area contributed by atoms with Gasteiger partial charge in [-0.2, -0.15) is 0 Å². The molecular formula is C28H33N5O2. The van der Waals surface area contributed by atoms with Crippen LogP contribution in [0.15, 0.2) is 72.9 Å². The van der Waals surface area contributed by atoms with Crippen molar-refractivity contribution in [3.8, 4) is 0 Å². The van der Waals surface area contributed by atoms with Crippen molar-refractivity contribution in [2.75, 3.05) is 43.4 Å². The SMILES string of the molecule is Cc1ccc([C@H](C)CN[C@H](C(=O)Nc2ccc(N3CCN(C)C(=O)C3)cn2)c2ccccc2)cc1. The Balaban J connectivity index is 1.42. The topological polar surface area (TPSA) is 77.6 Å². The van der Waals surface area contributed by atoms with Crippen molar-refractivity contribution >= 4 is 23.3 Å². The maximum atomic E-state index is 13.3. The highest BCUT2D eigenvalue weighted by atomic mass is 16.2. The van der Waals surface area contributed by atoms with E-state index >= 15 is 0 Å². The summed E-state index contributed by atoms with van der Waals surface area (Å²) < 4.78 is 0. The molecule has 2 aromatic carbocycles. The molecule has 0 radical (unpaired) electrons. The van der Waals surface area contributed by atoms with Gasteiger partial charge in [-0.15, -0.1) is 0 Å². The van der Waals surface area contributed by atoms with E-state index in [1.165, 1.54) is 11.1 Å². The molecule has 1 aliphatic heterocycles. The van der Waals surface area contributed by atoms with Gasteiger partial charge in [-0.25, -0.2) is 4.98 Å². The molecule has 2 atom stereocenters. The zero-order valence-electron chi connectivity index (χ0n) is 20.6. The van der Waals surface area contributed by atoms with Crippen LogP contribution >= 0.6 is 0 Å². The molecule has 0 unspecified atom stereocenters. The molecule has 1 saturated heterocycles. The quantitative estimate of drug-likeness (QED) is 0.523. The van der Waals surface area contributed by atoms with Gasteiger partial charge >= 0.3 is 0 Å². The summed E-state index contributed by atoms with van der Waals surface area (Å²) in [5.41, 5.74) is 4.23. The number of benzene rings is 2. The first-order valence-electron chi connectivity index (χ1n) is 12.0. The highest BCUT2D eigenvalue weighted by Gasteiger charge is 2.23. The minimum Gasteiger partial charge on any atom is -0.359 e. The molecule has 182 valence electrons. The van der Waals surface area contributed by atoms with Gasteiger partial charge in [-0.3, -0.25) is 9.59 Å². The zero-order chi connectivity index (χ0) is 24.8. The molecule has 1 aliphatic rings. The van der Waals surface area contributed by atoms with Gasteiger partial charge < -0.3 is 20.4 Å². The Morgan fingerprint density at radius 2 is 1.74 bits per heavy atom. The van der Waals surface area contributed by atoms with Crippen LogP contribution in [0.4, 0.5) is 11.5 Å².